The minimum absolute atomic E-state index is 0.300. The number of halogens is 3. The van der Waals surface area contributed by atoms with Crippen molar-refractivity contribution >= 4 is 31.9 Å². The van der Waals surface area contributed by atoms with Crippen LogP contribution in [0.3, 0.4) is 0 Å². The molecule has 0 spiro atoms. The van der Waals surface area contributed by atoms with E-state index in [9.17, 15) is 4.39 Å². The molecule has 2 aromatic rings. The Balaban J connectivity index is 2.25. The highest BCUT2D eigenvalue weighted by Gasteiger charge is 2.14. The van der Waals surface area contributed by atoms with Gasteiger partial charge in [-0.1, -0.05) is 37.9 Å². The number of rotatable bonds is 4. The maximum Gasteiger partial charge on any atom is 0.129 e. The highest BCUT2D eigenvalue weighted by Crippen LogP contribution is 2.28. The van der Waals surface area contributed by atoms with E-state index in [1.54, 1.807) is 19.2 Å². The van der Waals surface area contributed by atoms with E-state index < -0.39 is 6.04 Å². The van der Waals surface area contributed by atoms with Gasteiger partial charge in [0.05, 0.1) is 7.11 Å². The van der Waals surface area contributed by atoms with Crippen LogP contribution in [0.1, 0.15) is 17.2 Å². The minimum atomic E-state index is -0.411. The molecule has 106 valence electrons. The normalized spacial score (nSPS) is 12.2. The molecule has 2 nitrogen and oxygen atoms in total. The van der Waals surface area contributed by atoms with Crippen LogP contribution in [0.15, 0.2) is 45.3 Å². The smallest absolute Gasteiger partial charge is 0.129 e. The lowest BCUT2D eigenvalue weighted by Gasteiger charge is -2.15. The topological polar surface area (TPSA) is 35.2 Å². The van der Waals surface area contributed by atoms with Crippen molar-refractivity contribution in [1.29, 1.82) is 0 Å². The first-order valence-electron chi connectivity index (χ1n) is 6.04. The number of benzene rings is 2. The molecule has 0 aliphatic rings. The van der Waals surface area contributed by atoms with Gasteiger partial charge in [0.2, 0.25) is 0 Å². The van der Waals surface area contributed by atoms with Crippen LogP contribution in [0.5, 0.6) is 5.75 Å². The van der Waals surface area contributed by atoms with E-state index in [1.165, 1.54) is 6.07 Å². The number of methoxy groups -OCH3 is 1. The Labute approximate surface area is 134 Å². The van der Waals surface area contributed by atoms with Gasteiger partial charge >= 0.3 is 0 Å². The van der Waals surface area contributed by atoms with E-state index in [0.717, 1.165) is 15.8 Å². The lowest BCUT2D eigenvalue weighted by atomic mass is 9.99. The van der Waals surface area contributed by atoms with E-state index in [-0.39, 0.29) is 5.82 Å². The zero-order chi connectivity index (χ0) is 14.7. The van der Waals surface area contributed by atoms with Gasteiger partial charge in [0.15, 0.2) is 0 Å². The Morgan fingerprint density at radius 2 is 1.95 bits per heavy atom. The zero-order valence-electron chi connectivity index (χ0n) is 10.9. The molecule has 0 saturated heterocycles. The van der Waals surface area contributed by atoms with Crippen molar-refractivity contribution in [2.75, 3.05) is 7.11 Å². The second kappa shape index (κ2) is 6.70. The van der Waals surface area contributed by atoms with Crippen molar-refractivity contribution in [3.8, 4) is 5.75 Å². The quantitative estimate of drug-likeness (QED) is 0.810. The van der Waals surface area contributed by atoms with E-state index in [0.29, 0.717) is 16.5 Å². The molecule has 0 aromatic heterocycles. The summed E-state index contributed by atoms with van der Waals surface area (Å²) in [7, 11) is 1.61. The molecule has 5 heteroatoms. The lowest BCUT2D eigenvalue weighted by molar-refractivity contribution is 0.414. The molecule has 20 heavy (non-hydrogen) atoms. The number of hydrogen-bond acceptors (Lipinski definition) is 2. The summed E-state index contributed by atoms with van der Waals surface area (Å²) in [6.45, 7) is 0. The van der Waals surface area contributed by atoms with Gasteiger partial charge in [-0.3, -0.25) is 0 Å². The molecule has 1 unspecified atom stereocenters. The highest BCUT2D eigenvalue weighted by molar-refractivity contribution is 9.10. The fourth-order valence-corrected chi connectivity index (χ4v) is 2.73. The van der Waals surface area contributed by atoms with Gasteiger partial charge < -0.3 is 10.5 Å². The highest BCUT2D eigenvalue weighted by atomic mass is 79.9. The summed E-state index contributed by atoms with van der Waals surface area (Å²) in [5, 5.41) is 0. The molecule has 1 atom stereocenters. The SMILES string of the molecule is COc1ccc(Br)c(CC(N)c2ccc(Br)cc2F)c1. The molecule has 0 amide bonds. The standard InChI is InChI=1S/C15H14Br2FNO/c1-20-11-3-5-13(17)9(6-11)7-15(19)12-4-2-10(16)8-14(12)18/h2-6,8,15H,7,19H2,1H3. The van der Waals surface area contributed by atoms with Crippen molar-refractivity contribution in [3.63, 3.8) is 0 Å². The molecule has 0 fully saturated rings. The molecule has 0 heterocycles. The summed E-state index contributed by atoms with van der Waals surface area (Å²) in [6.07, 6.45) is 0.524. The first kappa shape index (κ1) is 15.5. The summed E-state index contributed by atoms with van der Waals surface area (Å²) in [4.78, 5) is 0. The molecule has 0 bridgehead atoms. The number of ether oxygens (including phenoxy) is 1. The van der Waals surface area contributed by atoms with Crippen molar-refractivity contribution in [3.05, 3.63) is 62.3 Å². The molecule has 0 aliphatic carbocycles. The van der Waals surface area contributed by atoms with Gasteiger partial charge in [-0.2, -0.15) is 0 Å². The maximum absolute atomic E-state index is 13.9. The average Bonchev–Trinajstić information content (AvgIpc) is 2.41. The van der Waals surface area contributed by atoms with Crippen LogP contribution in [0.2, 0.25) is 0 Å². The molecular formula is C15H14Br2FNO. The van der Waals surface area contributed by atoms with Crippen molar-refractivity contribution in [1.82, 2.24) is 0 Å². The second-order valence-corrected chi connectivity index (χ2v) is 6.20. The van der Waals surface area contributed by atoms with Crippen molar-refractivity contribution in [2.45, 2.75) is 12.5 Å². The zero-order valence-corrected chi connectivity index (χ0v) is 14.0. The second-order valence-electron chi connectivity index (χ2n) is 4.43. The minimum Gasteiger partial charge on any atom is -0.497 e. The van der Waals surface area contributed by atoms with Crippen LogP contribution >= 0.6 is 31.9 Å². The van der Waals surface area contributed by atoms with Crippen molar-refractivity contribution < 1.29 is 9.13 Å². The number of hydrogen-bond donors (Lipinski definition) is 1. The van der Waals surface area contributed by atoms with Crippen molar-refractivity contribution in [2.24, 2.45) is 5.73 Å². The fourth-order valence-electron chi connectivity index (χ4n) is 1.98. The predicted molar refractivity (Wildman–Crippen MR) is 85.4 cm³/mol. The van der Waals surface area contributed by atoms with Crippen LogP contribution in [-0.2, 0) is 6.42 Å². The van der Waals surface area contributed by atoms with Gasteiger partial charge in [-0.25, -0.2) is 4.39 Å². The Hall–Kier alpha value is -0.910. The number of nitrogens with two attached hydrogens (primary N) is 1. The Morgan fingerprint density at radius 3 is 2.60 bits per heavy atom. The molecule has 0 saturated carbocycles. The molecule has 2 N–H and O–H groups in total. The Morgan fingerprint density at radius 1 is 1.20 bits per heavy atom. The largest absolute Gasteiger partial charge is 0.497 e. The summed E-state index contributed by atoms with van der Waals surface area (Å²) in [5.41, 5.74) is 7.61. The van der Waals surface area contributed by atoms with Crippen LogP contribution < -0.4 is 10.5 Å². The lowest BCUT2D eigenvalue weighted by Crippen LogP contribution is -2.15. The third-order valence-electron chi connectivity index (χ3n) is 3.05. The Kier molecular flexibility index (Phi) is 5.18. The third-order valence-corrected chi connectivity index (χ3v) is 4.32. The monoisotopic (exact) mass is 401 g/mol. The summed E-state index contributed by atoms with van der Waals surface area (Å²) >= 11 is 6.72. The van der Waals surface area contributed by atoms with Gasteiger partial charge in [0.25, 0.3) is 0 Å². The first-order valence-corrected chi connectivity index (χ1v) is 7.63. The van der Waals surface area contributed by atoms with Crippen LogP contribution in [0, 0.1) is 5.82 Å². The van der Waals surface area contributed by atoms with Gasteiger partial charge in [0, 0.05) is 20.6 Å². The van der Waals surface area contributed by atoms with Gasteiger partial charge in [-0.15, -0.1) is 0 Å². The summed E-state index contributed by atoms with van der Waals surface area (Å²) < 4.78 is 20.7. The van der Waals surface area contributed by atoms with E-state index in [1.807, 2.05) is 18.2 Å². The fraction of sp³-hybridized carbons (Fsp3) is 0.200. The maximum atomic E-state index is 13.9. The van der Waals surface area contributed by atoms with E-state index >= 15 is 0 Å². The Bertz CT molecular complexity index is 619. The average molecular weight is 403 g/mol. The van der Waals surface area contributed by atoms with E-state index in [2.05, 4.69) is 31.9 Å². The summed E-state index contributed by atoms with van der Waals surface area (Å²) in [6, 6.07) is 10.2. The van der Waals surface area contributed by atoms with E-state index in [4.69, 9.17) is 10.5 Å². The van der Waals surface area contributed by atoms with Gasteiger partial charge in [-0.05, 0) is 42.3 Å². The summed E-state index contributed by atoms with van der Waals surface area (Å²) in [5.74, 6) is 0.456. The molecule has 0 aliphatic heterocycles. The molecule has 0 radical (unpaired) electrons. The molecule has 2 rings (SSSR count). The third kappa shape index (κ3) is 3.59. The first-order chi connectivity index (χ1) is 9.51. The predicted octanol–water partition coefficient (Wildman–Crippen LogP) is 4.60. The molecular weight excluding hydrogens is 389 g/mol. The van der Waals surface area contributed by atoms with Crippen LogP contribution in [0.25, 0.3) is 0 Å². The van der Waals surface area contributed by atoms with Gasteiger partial charge in [0.1, 0.15) is 11.6 Å². The van der Waals surface area contributed by atoms with Crippen LogP contribution in [-0.4, -0.2) is 7.11 Å². The molecule has 2 aromatic carbocycles. The van der Waals surface area contributed by atoms with Crippen LogP contribution in [0.4, 0.5) is 4.39 Å².